The lowest BCUT2D eigenvalue weighted by atomic mass is 9.97. The number of nitrogens with two attached hydrogens (primary N) is 1. The minimum absolute atomic E-state index is 0.204. The van der Waals surface area contributed by atoms with Gasteiger partial charge in [0.2, 0.25) is 0 Å². The van der Waals surface area contributed by atoms with Crippen molar-refractivity contribution in [2.45, 2.75) is 25.1 Å². The molecule has 0 aromatic heterocycles. The molecule has 0 heterocycles. The molecule has 0 radical (unpaired) electrons. The summed E-state index contributed by atoms with van der Waals surface area (Å²) in [6.45, 7) is 3.57. The summed E-state index contributed by atoms with van der Waals surface area (Å²) in [6.07, 6.45) is 1.03. The van der Waals surface area contributed by atoms with Gasteiger partial charge in [-0.05, 0) is 11.5 Å². The van der Waals surface area contributed by atoms with E-state index in [2.05, 4.69) is 0 Å². The highest BCUT2D eigenvalue weighted by Crippen LogP contribution is 2.26. The normalized spacial score (nSPS) is 15.9. The quantitative estimate of drug-likeness (QED) is 0.808. The predicted octanol–water partition coefficient (Wildman–Crippen LogP) is 1.17. The smallest absolute Gasteiger partial charge is 0.156 e. The van der Waals surface area contributed by atoms with E-state index in [4.69, 9.17) is 5.73 Å². The highest BCUT2D eigenvalue weighted by Gasteiger charge is 2.35. The van der Waals surface area contributed by atoms with E-state index in [1.165, 1.54) is 0 Å². The molecule has 7 heteroatoms. The van der Waals surface area contributed by atoms with Gasteiger partial charge in [0.25, 0.3) is 0 Å². The molecule has 1 rings (SSSR count). The van der Waals surface area contributed by atoms with Crippen LogP contribution in [0, 0.1) is 5.92 Å². The molecule has 0 saturated carbocycles. The van der Waals surface area contributed by atoms with Crippen molar-refractivity contribution in [1.29, 1.82) is 0 Å². The molecule has 0 spiro atoms. The first-order valence-corrected chi connectivity index (χ1v) is 10.5. The maximum atomic E-state index is 12.5. The van der Waals surface area contributed by atoms with Gasteiger partial charge in [0.1, 0.15) is 9.84 Å². The molecule has 0 aliphatic carbocycles. The highest BCUT2D eigenvalue weighted by atomic mass is 32.2. The van der Waals surface area contributed by atoms with Gasteiger partial charge < -0.3 is 5.73 Å². The first-order chi connectivity index (χ1) is 9.54. The van der Waals surface area contributed by atoms with E-state index in [1.807, 2.05) is 6.07 Å². The zero-order valence-corrected chi connectivity index (χ0v) is 14.2. The van der Waals surface area contributed by atoms with Crippen LogP contribution in [0.15, 0.2) is 30.3 Å². The molecule has 5 nitrogen and oxygen atoms in total. The SMILES string of the molecule is CC(C)C(C(N)c1ccccc1)S(=O)(=O)CCS(C)(=O)=O. The maximum absolute atomic E-state index is 12.5. The van der Waals surface area contributed by atoms with Crippen molar-refractivity contribution in [3.63, 3.8) is 0 Å². The van der Waals surface area contributed by atoms with Gasteiger partial charge in [-0.25, -0.2) is 16.8 Å². The molecule has 2 atom stereocenters. The van der Waals surface area contributed by atoms with E-state index in [0.717, 1.165) is 11.8 Å². The summed E-state index contributed by atoms with van der Waals surface area (Å²) in [7, 11) is -6.93. The third-order valence-electron chi connectivity index (χ3n) is 3.35. The molecule has 2 unspecified atom stereocenters. The minimum Gasteiger partial charge on any atom is -0.323 e. The average Bonchev–Trinajstić information content (AvgIpc) is 2.36. The van der Waals surface area contributed by atoms with Gasteiger partial charge in [-0.1, -0.05) is 44.2 Å². The van der Waals surface area contributed by atoms with Crippen LogP contribution in [0.25, 0.3) is 0 Å². The first-order valence-electron chi connectivity index (χ1n) is 6.74. The molecule has 0 bridgehead atoms. The molecule has 0 saturated heterocycles. The Labute approximate surface area is 127 Å². The van der Waals surface area contributed by atoms with Gasteiger partial charge in [-0.3, -0.25) is 0 Å². The summed E-state index contributed by atoms with van der Waals surface area (Å²) in [5, 5.41) is -0.804. The average molecular weight is 333 g/mol. The van der Waals surface area contributed by atoms with E-state index >= 15 is 0 Å². The van der Waals surface area contributed by atoms with E-state index in [-0.39, 0.29) is 11.7 Å². The van der Waals surface area contributed by atoms with Crippen molar-refractivity contribution >= 4 is 19.7 Å². The van der Waals surface area contributed by atoms with Crippen LogP contribution < -0.4 is 5.73 Å². The van der Waals surface area contributed by atoms with Crippen LogP contribution >= 0.6 is 0 Å². The molecule has 0 amide bonds. The van der Waals surface area contributed by atoms with E-state index < -0.39 is 36.7 Å². The molecule has 1 aromatic carbocycles. The second-order valence-electron chi connectivity index (χ2n) is 5.64. The summed E-state index contributed by atoms with van der Waals surface area (Å²) in [5.74, 6) is -0.972. The van der Waals surface area contributed by atoms with Crippen LogP contribution in [0.4, 0.5) is 0 Å². The van der Waals surface area contributed by atoms with Crippen LogP contribution in [-0.2, 0) is 19.7 Å². The summed E-state index contributed by atoms with van der Waals surface area (Å²) in [6, 6.07) is 8.33. The van der Waals surface area contributed by atoms with Crippen LogP contribution in [0.5, 0.6) is 0 Å². The first kappa shape index (κ1) is 18.1. The molecular weight excluding hydrogens is 310 g/mol. The Bertz CT molecular complexity index is 651. The lowest BCUT2D eigenvalue weighted by Crippen LogP contribution is -2.40. The summed E-state index contributed by atoms with van der Waals surface area (Å²) < 4.78 is 47.4. The monoisotopic (exact) mass is 333 g/mol. The molecule has 0 aliphatic rings. The molecule has 2 N–H and O–H groups in total. The summed E-state index contributed by atoms with van der Waals surface area (Å²) in [4.78, 5) is 0. The van der Waals surface area contributed by atoms with Crippen molar-refractivity contribution in [2.24, 2.45) is 11.7 Å². The molecular formula is C14H23NO4S2. The Hall–Kier alpha value is -0.920. The topological polar surface area (TPSA) is 94.3 Å². The number of benzene rings is 1. The van der Waals surface area contributed by atoms with Gasteiger partial charge in [0.05, 0.1) is 16.8 Å². The Morgan fingerprint density at radius 1 is 1.00 bits per heavy atom. The van der Waals surface area contributed by atoms with Crippen LogP contribution in [-0.4, -0.2) is 39.8 Å². The van der Waals surface area contributed by atoms with Crippen molar-refractivity contribution < 1.29 is 16.8 Å². The van der Waals surface area contributed by atoms with Crippen molar-refractivity contribution in [3.05, 3.63) is 35.9 Å². The molecule has 1 aromatic rings. The molecule has 120 valence electrons. The maximum Gasteiger partial charge on any atom is 0.156 e. The van der Waals surface area contributed by atoms with E-state index in [9.17, 15) is 16.8 Å². The van der Waals surface area contributed by atoms with E-state index in [0.29, 0.717) is 0 Å². The molecule has 0 aliphatic heterocycles. The summed E-state index contributed by atoms with van der Waals surface area (Å²) >= 11 is 0. The van der Waals surface area contributed by atoms with Gasteiger partial charge in [0.15, 0.2) is 9.84 Å². The second-order valence-corrected chi connectivity index (χ2v) is 10.2. The molecule has 21 heavy (non-hydrogen) atoms. The van der Waals surface area contributed by atoms with Crippen LogP contribution in [0.2, 0.25) is 0 Å². The van der Waals surface area contributed by atoms with Crippen molar-refractivity contribution in [1.82, 2.24) is 0 Å². The predicted molar refractivity (Wildman–Crippen MR) is 85.5 cm³/mol. The lowest BCUT2D eigenvalue weighted by Gasteiger charge is -2.27. The fourth-order valence-corrected chi connectivity index (χ4v) is 6.17. The zero-order valence-electron chi connectivity index (χ0n) is 12.6. The third-order valence-corrected chi connectivity index (χ3v) is 6.99. The highest BCUT2D eigenvalue weighted by molar-refractivity contribution is 7.95. The largest absolute Gasteiger partial charge is 0.323 e. The Morgan fingerprint density at radius 3 is 1.95 bits per heavy atom. The number of rotatable bonds is 7. The van der Waals surface area contributed by atoms with Gasteiger partial charge in [0, 0.05) is 12.3 Å². The number of hydrogen-bond donors (Lipinski definition) is 1. The Balaban J connectivity index is 3.06. The fourth-order valence-electron chi connectivity index (χ4n) is 2.32. The summed E-state index contributed by atoms with van der Waals surface area (Å²) in [5.41, 5.74) is 6.87. The number of hydrogen-bond acceptors (Lipinski definition) is 5. The number of sulfone groups is 2. The van der Waals surface area contributed by atoms with Gasteiger partial charge in [-0.15, -0.1) is 0 Å². The Kier molecular flexibility index (Phi) is 5.95. The van der Waals surface area contributed by atoms with E-state index in [1.54, 1.807) is 38.1 Å². The lowest BCUT2D eigenvalue weighted by molar-refractivity contribution is 0.482. The molecule has 0 fully saturated rings. The van der Waals surface area contributed by atoms with Crippen molar-refractivity contribution in [3.8, 4) is 0 Å². The van der Waals surface area contributed by atoms with Crippen LogP contribution in [0.3, 0.4) is 0 Å². The minimum atomic E-state index is -3.61. The fraction of sp³-hybridized carbons (Fsp3) is 0.571. The Morgan fingerprint density at radius 2 is 1.52 bits per heavy atom. The third kappa shape index (κ3) is 5.41. The van der Waals surface area contributed by atoms with Crippen LogP contribution in [0.1, 0.15) is 25.5 Å². The second kappa shape index (κ2) is 6.89. The standard InChI is InChI=1S/C14H23NO4S2/c1-11(2)14(13(15)12-7-5-4-6-8-12)21(18,19)10-9-20(3,16)17/h4-8,11,13-14H,9-10,15H2,1-3H3. The zero-order chi connectivity index (χ0) is 16.3. The van der Waals surface area contributed by atoms with Gasteiger partial charge in [-0.2, -0.15) is 0 Å². The van der Waals surface area contributed by atoms with Gasteiger partial charge >= 0.3 is 0 Å². The van der Waals surface area contributed by atoms with Crippen molar-refractivity contribution in [2.75, 3.05) is 17.8 Å².